The van der Waals surface area contributed by atoms with Crippen molar-refractivity contribution in [3.05, 3.63) is 27.7 Å². The molecule has 0 aliphatic rings. The van der Waals surface area contributed by atoms with Gasteiger partial charge in [-0.15, -0.1) is 0 Å². The van der Waals surface area contributed by atoms with Gasteiger partial charge in [0.25, 0.3) is 6.43 Å². The van der Waals surface area contributed by atoms with Crippen molar-refractivity contribution in [1.82, 2.24) is 0 Å². The van der Waals surface area contributed by atoms with Crippen LogP contribution in [0.3, 0.4) is 0 Å². The Balaban J connectivity index is 3.38. The zero-order valence-corrected chi connectivity index (χ0v) is 9.77. The van der Waals surface area contributed by atoms with E-state index in [-0.39, 0.29) is 22.7 Å². The summed E-state index contributed by atoms with van der Waals surface area (Å²) in [5, 5.41) is 0. The molecule has 0 unspecified atom stereocenters. The molecule has 0 radical (unpaired) electrons. The molecular weight excluding hydrogens is 270 g/mol. The van der Waals surface area contributed by atoms with E-state index in [0.717, 1.165) is 6.07 Å². The summed E-state index contributed by atoms with van der Waals surface area (Å²) in [4.78, 5) is 11.1. The first kappa shape index (κ1) is 12.1. The second-order valence-corrected chi connectivity index (χ2v) is 3.79. The van der Waals surface area contributed by atoms with Gasteiger partial charge in [0.05, 0.1) is 17.1 Å². The molecule has 5 heteroatoms. The van der Waals surface area contributed by atoms with Crippen molar-refractivity contribution in [2.24, 2.45) is 0 Å². The molecule has 0 bridgehead atoms. The fourth-order valence-corrected chi connectivity index (χ4v) is 1.83. The molecule has 0 saturated carbocycles. The number of hydrogen-bond acceptors (Lipinski definition) is 2. The van der Waals surface area contributed by atoms with Gasteiger partial charge >= 0.3 is 0 Å². The molecule has 1 rings (SSSR count). The summed E-state index contributed by atoms with van der Waals surface area (Å²) in [6.45, 7) is 1.32. The number of rotatable bonds is 3. The summed E-state index contributed by atoms with van der Waals surface area (Å²) in [6.07, 6.45) is -2.67. The summed E-state index contributed by atoms with van der Waals surface area (Å²) in [5.74, 6) is -0.199. The average molecular weight is 279 g/mol. The predicted octanol–water partition coefficient (Wildman–Crippen LogP) is 3.60. The van der Waals surface area contributed by atoms with Gasteiger partial charge in [-0.3, -0.25) is 4.79 Å². The lowest BCUT2D eigenvalue weighted by Crippen LogP contribution is -1.99. The van der Waals surface area contributed by atoms with Crippen LogP contribution in [0.5, 0.6) is 5.75 Å². The largest absolute Gasteiger partial charge is 0.495 e. The van der Waals surface area contributed by atoms with E-state index in [1.807, 2.05) is 0 Å². The Kier molecular flexibility index (Phi) is 3.79. The van der Waals surface area contributed by atoms with E-state index in [4.69, 9.17) is 4.74 Å². The Morgan fingerprint density at radius 1 is 1.47 bits per heavy atom. The fourth-order valence-electron chi connectivity index (χ4n) is 1.20. The van der Waals surface area contributed by atoms with Crippen molar-refractivity contribution in [3.8, 4) is 5.75 Å². The smallest absolute Gasteiger partial charge is 0.267 e. The van der Waals surface area contributed by atoms with Gasteiger partial charge in [-0.1, -0.05) is 0 Å². The summed E-state index contributed by atoms with van der Waals surface area (Å²) < 4.78 is 30.4. The van der Waals surface area contributed by atoms with E-state index < -0.39 is 6.43 Å². The first-order valence-corrected chi connectivity index (χ1v) is 4.93. The Bertz CT molecular complexity index is 391. The van der Waals surface area contributed by atoms with Crippen molar-refractivity contribution in [3.63, 3.8) is 0 Å². The number of ketones is 1. The highest BCUT2D eigenvalue weighted by Gasteiger charge is 2.18. The van der Waals surface area contributed by atoms with Gasteiger partial charge in [0.15, 0.2) is 5.78 Å². The lowest BCUT2D eigenvalue weighted by Gasteiger charge is -2.11. The highest BCUT2D eigenvalue weighted by atomic mass is 79.9. The molecule has 15 heavy (non-hydrogen) atoms. The normalized spacial score (nSPS) is 10.5. The van der Waals surface area contributed by atoms with Crippen LogP contribution in [0.2, 0.25) is 0 Å². The third-order valence-corrected chi connectivity index (χ3v) is 2.51. The SMILES string of the molecule is COc1c(Br)cc(C(C)=O)cc1C(F)F. The van der Waals surface area contributed by atoms with E-state index in [9.17, 15) is 13.6 Å². The first-order valence-electron chi connectivity index (χ1n) is 4.14. The second kappa shape index (κ2) is 4.70. The maximum Gasteiger partial charge on any atom is 0.267 e. The summed E-state index contributed by atoms with van der Waals surface area (Å²) >= 11 is 3.08. The molecule has 0 spiro atoms. The second-order valence-electron chi connectivity index (χ2n) is 2.94. The lowest BCUT2D eigenvalue weighted by atomic mass is 10.1. The Morgan fingerprint density at radius 2 is 2.07 bits per heavy atom. The fraction of sp³-hybridized carbons (Fsp3) is 0.300. The molecule has 0 atom stereocenters. The van der Waals surface area contributed by atoms with Gasteiger partial charge < -0.3 is 4.74 Å². The van der Waals surface area contributed by atoms with E-state index in [1.165, 1.54) is 20.1 Å². The van der Waals surface area contributed by atoms with Crippen LogP contribution < -0.4 is 4.74 Å². The molecule has 0 fully saturated rings. The molecule has 1 aromatic carbocycles. The monoisotopic (exact) mass is 278 g/mol. The molecular formula is C10H9BrF2O2. The average Bonchev–Trinajstić information content (AvgIpc) is 2.16. The number of hydrogen-bond donors (Lipinski definition) is 0. The van der Waals surface area contributed by atoms with Gasteiger partial charge in [-0.25, -0.2) is 8.78 Å². The number of halogens is 3. The highest BCUT2D eigenvalue weighted by Crippen LogP contribution is 2.36. The summed E-state index contributed by atoms with van der Waals surface area (Å²) in [5.41, 5.74) is -0.0462. The third kappa shape index (κ3) is 2.53. The van der Waals surface area contributed by atoms with Gasteiger partial charge in [0, 0.05) is 5.56 Å². The Morgan fingerprint density at radius 3 is 2.47 bits per heavy atom. The third-order valence-electron chi connectivity index (χ3n) is 1.92. The maximum absolute atomic E-state index is 12.6. The minimum atomic E-state index is -2.67. The zero-order chi connectivity index (χ0) is 11.6. The molecule has 0 amide bonds. The molecule has 1 aromatic rings. The van der Waals surface area contributed by atoms with Crippen LogP contribution in [0.4, 0.5) is 8.78 Å². The van der Waals surface area contributed by atoms with E-state index in [1.54, 1.807) is 0 Å². The number of alkyl halides is 2. The Hall–Kier alpha value is -0.970. The topological polar surface area (TPSA) is 26.3 Å². The standard InChI is InChI=1S/C10H9BrF2O2/c1-5(14)6-3-7(10(12)13)9(15-2)8(11)4-6/h3-4,10H,1-2H3. The minimum Gasteiger partial charge on any atom is -0.495 e. The van der Waals surface area contributed by atoms with Crippen LogP contribution in [0, 0.1) is 0 Å². The van der Waals surface area contributed by atoms with Crippen LogP contribution in [-0.4, -0.2) is 12.9 Å². The van der Waals surface area contributed by atoms with E-state index >= 15 is 0 Å². The quantitative estimate of drug-likeness (QED) is 0.790. The van der Waals surface area contributed by atoms with Gasteiger partial charge in [-0.2, -0.15) is 0 Å². The Labute approximate surface area is 94.4 Å². The molecule has 0 aliphatic heterocycles. The van der Waals surface area contributed by atoms with Gasteiger partial charge in [0.2, 0.25) is 0 Å². The molecule has 2 nitrogen and oxygen atoms in total. The van der Waals surface area contributed by atoms with Crippen molar-refractivity contribution in [2.75, 3.05) is 7.11 Å². The van der Waals surface area contributed by atoms with Crippen LogP contribution in [0.15, 0.2) is 16.6 Å². The summed E-state index contributed by atoms with van der Waals surface area (Å²) in [7, 11) is 1.30. The molecule has 0 heterocycles. The van der Waals surface area contributed by atoms with Crippen LogP contribution in [-0.2, 0) is 0 Å². The summed E-state index contributed by atoms with van der Waals surface area (Å²) in [6, 6.07) is 2.61. The van der Waals surface area contributed by atoms with Crippen molar-refractivity contribution in [1.29, 1.82) is 0 Å². The molecule has 0 aliphatic carbocycles. The number of ether oxygens (including phenoxy) is 1. The lowest BCUT2D eigenvalue weighted by molar-refractivity contribution is 0.101. The zero-order valence-electron chi connectivity index (χ0n) is 8.18. The van der Waals surface area contributed by atoms with Gasteiger partial charge in [-0.05, 0) is 35.0 Å². The van der Waals surface area contributed by atoms with Crippen LogP contribution in [0.1, 0.15) is 29.3 Å². The van der Waals surface area contributed by atoms with E-state index in [0.29, 0.717) is 4.47 Å². The molecule has 0 saturated heterocycles. The number of benzene rings is 1. The number of carbonyl (C=O) groups excluding carboxylic acids is 1. The highest BCUT2D eigenvalue weighted by molar-refractivity contribution is 9.10. The van der Waals surface area contributed by atoms with Crippen molar-refractivity contribution >= 4 is 21.7 Å². The first-order chi connectivity index (χ1) is 6.97. The molecule has 0 aromatic heterocycles. The number of Topliss-reactive ketones (excluding diaryl/α,β-unsaturated/α-hetero) is 1. The van der Waals surface area contributed by atoms with Crippen LogP contribution in [0.25, 0.3) is 0 Å². The maximum atomic E-state index is 12.6. The van der Waals surface area contributed by atoms with Crippen molar-refractivity contribution < 1.29 is 18.3 Å². The molecule has 0 N–H and O–H groups in total. The van der Waals surface area contributed by atoms with Crippen molar-refractivity contribution in [2.45, 2.75) is 13.3 Å². The van der Waals surface area contributed by atoms with Gasteiger partial charge in [0.1, 0.15) is 5.75 Å². The van der Waals surface area contributed by atoms with E-state index in [2.05, 4.69) is 15.9 Å². The molecule has 82 valence electrons. The predicted molar refractivity (Wildman–Crippen MR) is 55.7 cm³/mol. The minimum absolute atomic E-state index is 0.0648. The van der Waals surface area contributed by atoms with Crippen LogP contribution >= 0.6 is 15.9 Å². The number of carbonyl (C=O) groups is 1. The number of methoxy groups -OCH3 is 1.